The Balaban J connectivity index is 1.68. The molecule has 2 aromatic rings. The molecule has 0 aromatic carbocycles. The van der Waals surface area contributed by atoms with E-state index in [2.05, 4.69) is 22.3 Å². The summed E-state index contributed by atoms with van der Waals surface area (Å²) in [4.78, 5) is 4.44. The van der Waals surface area contributed by atoms with Gasteiger partial charge in [-0.2, -0.15) is 4.98 Å². The van der Waals surface area contributed by atoms with Crippen molar-refractivity contribution in [2.75, 3.05) is 11.9 Å². The van der Waals surface area contributed by atoms with Crippen LogP contribution >= 0.6 is 0 Å². The van der Waals surface area contributed by atoms with E-state index in [1.165, 1.54) is 19.3 Å². The number of anilines is 1. The van der Waals surface area contributed by atoms with Crippen LogP contribution in [0.25, 0.3) is 5.65 Å². The van der Waals surface area contributed by atoms with Crippen molar-refractivity contribution in [1.29, 1.82) is 0 Å². The highest BCUT2D eigenvalue weighted by Crippen LogP contribution is 2.30. The second-order valence-corrected chi connectivity index (χ2v) is 4.99. The molecule has 0 aliphatic heterocycles. The average Bonchev–Trinajstić information content (AvgIpc) is 2.92. The maximum absolute atomic E-state index is 4.44. The maximum atomic E-state index is 4.44. The molecule has 1 N–H and O–H groups in total. The van der Waals surface area contributed by atoms with Gasteiger partial charge in [0.2, 0.25) is 5.95 Å². The number of pyridine rings is 1. The van der Waals surface area contributed by atoms with Crippen LogP contribution in [0, 0.1) is 11.8 Å². The van der Waals surface area contributed by atoms with Gasteiger partial charge in [0.15, 0.2) is 5.65 Å². The van der Waals surface area contributed by atoms with Gasteiger partial charge in [-0.15, -0.1) is 5.10 Å². The standard InChI is InChI=1S/C13H18N4/c1-10-5-4-6-11(10)9-14-13-15-12-7-2-3-8-17(12)16-13/h2-3,7-8,10-11H,4-6,9H2,1H3,(H,14,16). The lowest BCUT2D eigenvalue weighted by Crippen LogP contribution is -2.17. The van der Waals surface area contributed by atoms with Gasteiger partial charge in [-0.1, -0.05) is 25.8 Å². The van der Waals surface area contributed by atoms with E-state index >= 15 is 0 Å². The molecular weight excluding hydrogens is 212 g/mol. The molecule has 0 radical (unpaired) electrons. The lowest BCUT2D eigenvalue weighted by Gasteiger charge is -2.14. The lowest BCUT2D eigenvalue weighted by molar-refractivity contribution is 0.439. The molecule has 2 aromatic heterocycles. The van der Waals surface area contributed by atoms with Gasteiger partial charge in [-0.25, -0.2) is 4.52 Å². The van der Waals surface area contributed by atoms with Crippen molar-refractivity contribution < 1.29 is 0 Å². The Hall–Kier alpha value is -1.58. The normalized spacial score (nSPS) is 24.3. The molecule has 2 unspecified atom stereocenters. The average molecular weight is 230 g/mol. The van der Waals surface area contributed by atoms with Gasteiger partial charge in [-0.3, -0.25) is 0 Å². The van der Waals surface area contributed by atoms with Crippen molar-refractivity contribution in [3.63, 3.8) is 0 Å². The van der Waals surface area contributed by atoms with E-state index in [1.54, 1.807) is 4.52 Å². The van der Waals surface area contributed by atoms with E-state index < -0.39 is 0 Å². The smallest absolute Gasteiger partial charge is 0.243 e. The van der Waals surface area contributed by atoms with E-state index in [0.717, 1.165) is 30.0 Å². The SMILES string of the molecule is CC1CCCC1CNc1nc2ccccn2n1. The Morgan fingerprint density at radius 1 is 1.41 bits per heavy atom. The van der Waals surface area contributed by atoms with E-state index in [1.807, 2.05) is 24.4 Å². The molecule has 2 heterocycles. The molecule has 4 heteroatoms. The van der Waals surface area contributed by atoms with Crippen LogP contribution in [0.15, 0.2) is 24.4 Å². The molecule has 90 valence electrons. The van der Waals surface area contributed by atoms with Gasteiger partial charge in [-0.05, 0) is 30.4 Å². The zero-order valence-corrected chi connectivity index (χ0v) is 10.1. The fourth-order valence-corrected chi connectivity index (χ4v) is 2.65. The van der Waals surface area contributed by atoms with Gasteiger partial charge < -0.3 is 5.32 Å². The quantitative estimate of drug-likeness (QED) is 0.881. The van der Waals surface area contributed by atoms with Crippen LogP contribution in [-0.2, 0) is 0 Å². The van der Waals surface area contributed by atoms with Crippen molar-refractivity contribution in [3.8, 4) is 0 Å². The predicted octanol–water partition coefficient (Wildman–Crippen LogP) is 2.58. The number of aromatic nitrogens is 3. The van der Waals surface area contributed by atoms with Gasteiger partial charge >= 0.3 is 0 Å². The number of nitrogens with zero attached hydrogens (tertiary/aromatic N) is 3. The van der Waals surface area contributed by atoms with Crippen LogP contribution < -0.4 is 5.32 Å². The molecular formula is C13H18N4. The molecule has 1 aliphatic carbocycles. The molecule has 17 heavy (non-hydrogen) atoms. The molecule has 0 bridgehead atoms. The topological polar surface area (TPSA) is 42.2 Å². The van der Waals surface area contributed by atoms with E-state index in [4.69, 9.17) is 0 Å². The van der Waals surface area contributed by atoms with E-state index in [-0.39, 0.29) is 0 Å². The summed E-state index contributed by atoms with van der Waals surface area (Å²) in [6.07, 6.45) is 5.99. The van der Waals surface area contributed by atoms with Crippen molar-refractivity contribution in [2.24, 2.45) is 11.8 Å². The predicted molar refractivity (Wildman–Crippen MR) is 68.0 cm³/mol. The molecule has 2 atom stereocenters. The zero-order chi connectivity index (χ0) is 11.7. The monoisotopic (exact) mass is 230 g/mol. The van der Waals surface area contributed by atoms with Gasteiger partial charge in [0.25, 0.3) is 0 Å². The van der Waals surface area contributed by atoms with Crippen molar-refractivity contribution >= 4 is 11.6 Å². The highest BCUT2D eigenvalue weighted by molar-refractivity contribution is 5.42. The Kier molecular flexibility index (Phi) is 2.71. The van der Waals surface area contributed by atoms with Crippen molar-refractivity contribution in [3.05, 3.63) is 24.4 Å². The van der Waals surface area contributed by atoms with Crippen LogP contribution in [0.5, 0.6) is 0 Å². The summed E-state index contributed by atoms with van der Waals surface area (Å²) in [7, 11) is 0. The van der Waals surface area contributed by atoms with Crippen LogP contribution in [-0.4, -0.2) is 21.1 Å². The number of fused-ring (bicyclic) bond motifs is 1. The van der Waals surface area contributed by atoms with Crippen molar-refractivity contribution in [2.45, 2.75) is 26.2 Å². The first-order valence-electron chi connectivity index (χ1n) is 6.38. The minimum absolute atomic E-state index is 0.746. The third-order valence-electron chi connectivity index (χ3n) is 3.80. The van der Waals surface area contributed by atoms with Crippen molar-refractivity contribution in [1.82, 2.24) is 14.6 Å². The van der Waals surface area contributed by atoms with Crippen LogP contribution in [0.2, 0.25) is 0 Å². The number of nitrogens with one attached hydrogen (secondary N) is 1. The summed E-state index contributed by atoms with van der Waals surface area (Å²) in [5.41, 5.74) is 0.898. The summed E-state index contributed by atoms with van der Waals surface area (Å²) in [6, 6.07) is 5.91. The Morgan fingerprint density at radius 3 is 3.12 bits per heavy atom. The highest BCUT2D eigenvalue weighted by Gasteiger charge is 2.23. The minimum Gasteiger partial charge on any atom is -0.353 e. The molecule has 1 saturated carbocycles. The molecule has 1 fully saturated rings. The summed E-state index contributed by atoms with van der Waals surface area (Å²) >= 11 is 0. The second kappa shape index (κ2) is 4.35. The summed E-state index contributed by atoms with van der Waals surface area (Å²) in [5.74, 6) is 2.36. The van der Waals surface area contributed by atoms with E-state index in [0.29, 0.717) is 0 Å². The van der Waals surface area contributed by atoms with Gasteiger partial charge in [0.1, 0.15) is 0 Å². The number of hydrogen-bond acceptors (Lipinski definition) is 3. The van der Waals surface area contributed by atoms with Gasteiger partial charge in [0.05, 0.1) is 0 Å². The molecule has 0 amide bonds. The van der Waals surface area contributed by atoms with Crippen LogP contribution in [0.3, 0.4) is 0 Å². The Labute approximate surface area is 101 Å². The zero-order valence-electron chi connectivity index (χ0n) is 10.1. The molecule has 1 aliphatic rings. The van der Waals surface area contributed by atoms with Crippen LogP contribution in [0.4, 0.5) is 5.95 Å². The third kappa shape index (κ3) is 2.12. The molecule has 3 rings (SSSR count). The molecule has 0 saturated heterocycles. The van der Waals surface area contributed by atoms with E-state index in [9.17, 15) is 0 Å². The summed E-state index contributed by atoms with van der Waals surface area (Å²) in [6.45, 7) is 3.34. The molecule has 0 spiro atoms. The van der Waals surface area contributed by atoms with Gasteiger partial charge in [0, 0.05) is 12.7 Å². The lowest BCUT2D eigenvalue weighted by atomic mass is 9.98. The Morgan fingerprint density at radius 2 is 2.35 bits per heavy atom. The molecule has 4 nitrogen and oxygen atoms in total. The first kappa shape index (κ1) is 10.6. The first-order valence-corrected chi connectivity index (χ1v) is 6.38. The van der Waals surface area contributed by atoms with Crippen LogP contribution in [0.1, 0.15) is 26.2 Å². The summed E-state index contributed by atoms with van der Waals surface area (Å²) < 4.78 is 1.81. The fourth-order valence-electron chi connectivity index (χ4n) is 2.65. The summed E-state index contributed by atoms with van der Waals surface area (Å²) in [5, 5.41) is 7.76. The first-order chi connectivity index (χ1) is 8.33. The number of hydrogen-bond donors (Lipinski definition) is 1. The fraction of sp³-hybridized carbons (Fsp3) is 0.538. The minimum atomic E-state index is 0.746. The second-order valence-electron chi connectivity index (χ2n) is 4.99. The third-order valence-corrected chi connectivity index (χ3v) is 3.80. The highest BCUT2D eigenvalue weighted by atomic mass is 15.3. The maximum Gasteiger partial charge on any atom is 0.243 e. The number of rotatable bonds is 3. The largest absolute Gasteiger partial charge is 0.353 e. The Bertz CT molecular complexity index is 472.